The van der Waals surface area contributed by atoms with E-state index >= 15 is 0 Å². The fraction of sp³-hybridized carbons (Fsp3) is 0.200. The van der Waals surface area contributed by atoms with Crippen LogP contribution in [0.25, 0.3) is 0 Å². The molecule has 0 saturated heterocycles. The van der Waals surface area contributed by atoms with Crippen LogP contribution in [-0.2, 0) is 13.7 Å². The summed E-state index contributed by atoms with van der Waals surface area (Å²) in [6.45, 7) is 0.427. The van der Waals surface area contributed by atoms with E-state index in [2.05, 4.69) is 26.2 Å². The number of aromatic nitrogens is 3. The van der Waals surface area contributed by atoms with Gasteiger partial charge in [0.15, 0.2) is 0 Å². The Hall–Kier alpha value is -1.36. The molecule has 0 saturated carbocycles. The summed E-state index contributed by atoms with van der Waals surface area (Å²) in [5.41, 5.74) is 0.813. The van der Waals surface area contributed by atoms with Crippen LogP contribution < -0.4 is 4.74 Å². The Labute approximate surface area is 96.0 Å². The maximum Gasteiger partial charge on any atom is 0.134 e. The Morgan fingerprint density at radius 3 is 2.87 bits per heavy atom. The second-order valence-corrected chi connectivity index (χ2v) is 3.96. The summed E-state index contributed by atoms with van der Waals surface area (Å²) in [6, 6.07) is 7.71. The maximum absolute atomic E-state index is 5.57. The van der Waals surface area contributed by atoms with Crippen LogP contribution >= 0.6 is 15.9 Å². The van der Waals surface area contributed by atoms with E-state index in [4.69, 9.17) is 4.74 Å². The van der Waals surface area contributed by atoms with Gasteiger partial charge in [-0.25, -0.2) is 0 Å². The molecule has 4 nitrogen and oxygen atoms in total. The second-order valence-electron chi connectivity index (χ2n) is 3.10. The minimum Gasteiger partial charge on any atom is -0.486 e. The first-order chi connectivity index (χ1) is 7.25. The molecule has 0 spiro atoms. The molecule has 2 aromatic rings. The molecule has 5 heteroatoms. The fourth-order valence-electron chi connectivity index (χ4n) is 1.17. The molecule has 1 aromatic heterocycles. The van der Waals surface area contributed by atoms with Crippen LogP contribution in [0, 0.1) is 0 Å². The van der Waals surface area contributed by atoms with Crippen molar-refractivity contribution in [3.05, 3.63) is 40.6 Å². The van der Waals surface area contributed by atoms with Gasteiger partial charge in [0.2, 0.25) is 0 Å². The van der Waals surface area contributed by atoms with Gasteiger partial charge >= 0.3 is 0 Å². The SMILES string of the molecule is Cn1cc(COc2ccccc2Br)nn1. The van der Waals surface area contributed by atoms with Gasteiger partial charge < -0.3 is 4.74 Å². The van der Waals surface area contributed by atoms with Gasteiger partial charge in [-0.15, -0.1) is 5.10 Å². The third-order valence-corrected chi connectivity index (χ3v) is 2.52. The minimum absolute atomic E-state index is 0.427. The Bertz CT molecular complexity index is 455. The molecule has 1 aromatic carbocycles. The van der Waals surface area contributed by atoms with E-state index in [1.165, 1.54) is 0 Å². The summed E-state index contributed by atoms with van der Waals surface area (Å²) >= 11 is 3.41. The number of hydrogen-bond acceptors (Lipinski definition) is 3. The third kappa shape index (κ3) is 2.56. The number of hydrogen-bond donors (Lipinski definition) is 0. The predicted molar refractivity (Wildman–Crippen MR) is 59.5 cm³/mol. The topological polar surface area (TPSA) is 39.9 Å². The highest BCUT2D eigenvalue weighted by atomic mass is 79.9. The molecule has 15 heavy (non-hydrogen) atoms. The molecular weight excluding hydrogens is 258 g/mol. The zero-order chi connectivity index (χ0) is 10.7. The van der Waals surface area contributed by atoms with Crippen molar-refractivity contribution in [2.45, 2.75) is 6.61 Å². The molecule has 78 valence electrons. The first-order valence-corrected chi connectivity index (χ1v) is 5.27. The van der Waals surface area contributed by atoms with Gasteiger partial charge in [-0.2, -0.15) is 0 Å². The predicted octanol–water partition coefficient (Wildman–Crippen LogP) is 2.16. The van der Waals surface area contributed by atoms with Crippen LogP contribution in [0.1, 0.15) is 5.69 Å². The molecule has 0 radical (unpaired) electrons. The lowest BCUT2D eigenvalue weighted by molar-refractivity contribution is 0.299. The van der Waals surface area contributed by atoms with E-state index in [1.54, 1.807) is 4.68 Å². The Kier molecular flexibility index (Phi) is 3.01. The summed E-state index contributed by atoms with van der Waals surface area (Å²) in [5.74, 6) is 0.808. The molecule has 0 aliphatic carbocycles. The van der Waals surface area contributed by atoms with Crippen molar-refractivity contribution in [2.24, 2.45) is 7.05 Å². The smallest absolute Gasteiger partial charge is 0.134 e. The number of aryl methyl sites for hydroxylation is 1. The molecule has 0 bridgehead atoms. The zero-order valence-electron chi connectivity index (χ0n) is 8.22. The third-order valence-electron chi connectivity index (χ3n) is 1.86. The molecule has 0 amide bonds. The maximum atomic E-state index is 5.57. The highest BCUT2D eigenvalue weighted by molar-refractivity contribution is 9.10. The largest absolute Gasteiger partial charge is 0.486 e. The van der Waals surface area contributed by atoms with Gasteiger partial charge in [0, 0.05) is 7.05 Å². The average molecular weight is 268 g/mol. The molecule has 0 fully saturated rings. The van der Waals surface area contributed by atoms with Crippen LogP contribution in [0.4, 0.5) is 0 Å². The van der Waals surface area contributed by atoms with E-state index in [0.717, 1.165) is 15.9 Å². The standard InChI is InChI=1S/C10H10BrN3O/c1-14-6-8(12-13-14)7-15-10-5-3-2-4-9(10)11/h2-6H,7H2,1H3. The highest BCUT2D eigenvalue weighted by Crippen LogP contribution is 2.24. The summed E-state index contributed by atoms with van der Waals surface area (Å²) in [6.07, 6.45) is 1.83. The van der Waals surface area contributed by atoms with Crippen molar-refractivity contribution in [3.8, 4) is 5.75 Å². The number of ether oxygens (including phenoxy) is 1. The first-order valence-electron chi connectivity index (χ1n) is 4.48. The monoisotopic (exact) mass is 267 g/mol. The van der Waals surface area contributed by atoms with Crippen LogP contribution in [0.3, 0.4) is 0 Å². The van der Waals surface area contributed by atoms with Crippen molar-refractivity contribution in [1.82, 2.24) is 15.0 Å². The second kappa shape index (κ2) is 4.44. The van der Waals surface area contributed by atoms with Crippen LogP contribution in [0.15, 0.2) is 34.9 Å². The van der Waals surface area contributed by atoms with Crippen LogP contribution in [0.2, 0.25) is 0 Å². The quantitative estimate of drug-likeness (QED) is 0.856. The van der Waals surface area contributed by atoms with E-state index < -0.39 is 0 Å². The molecule has 1 heterocycles. The number of halogens is 1. The van der Waals surface area contributed by atoms with Gasteiger partial charge in [0.1, 0.15) is 18.1 Å². The van der Waals surface area contributed by atoms with E-state index in [0.29, 0.717) is 6.61 Å². The number of para-hydroxylation sites is 1. The lowest BCUT2D eigenvalue weighted by atomic mass is 10.3. The van der Waals surface area contributed by atoms with Gasteiger partial charge in [-0.3, -0.25) is 4.68 Å². The lowest BCUT2D eigenvalue weighted by Gasteiger charge is -2.05. The molecule has 0 aliphatic heterocycles. The Morgan fingerprint density at radius 2 is 2.20 bits per heavy atom. The summed E-state index contributed by atoms with van der Waals surface area (Å²) in [4.78, 5) is 0. The molecule has 0 N–H and O–H groups in total. The number of nitrogens with zero attached hydrogens (tertiary/aromatic N) is 3. The van der Waals surface area contributed by atoms with Crippen molar-refractivity contribution >= 4 is 15.9 Å². The van der Waals surface area contributed by atoms with Gasteiger partial charge in [-0.05, 0) is 28.1 Å². The average Bonchev–Trinajstić information content (AvgIpc) is 2.63. The van der Waals surface area contributed by atoms with Crippen molar-refractivity contribution in [3.63, 3.8) is 0 Å². The summed E-state index contributed by atoms with van der Waals surface area (Å²) in [7, 11) is 1.83. The van der Waals surface area contributed by atoms with Gasteiger partial charge in [0.25, 0.3) is 0 Å². The molecule has 0 atom stereocenters. The van der Waals surface area contributed by atoms with E-state index in [-0.39, 0.29) is 0 Å². The lowest BCUT2D eigenvalue weighted by Crippen LogP contribution is -1.96. The fourth-order valence-corrected chi connectivity index (χ4v) is 1.57. The van der Waals surface area contributed by atoms with Crippen LogP contribution in [0.5, 0.6) is 5.75 Å². The van der Waals surface area contributed by atoms with Crippen molar-refractivity contribution in [1.29, 1.82) is 0 Å². The van der Waals surface area contributed by atoms with E-state index in [9.17, 15) is 0 Å². The number of benzene rings is 1. The van der Waals surface area contributed by atoms with Crippen molar-refractivity contribution < 1.29 is 4.74 Å². The van der Waals surface area contributed by atoms with Gasteiger partial charge in [0.05, 0.1) is 10.7 Å². The van der Waals surface area contributed by atoms with Gasteiger partial charge in [-0.1, -0.05) is 17.3 Å². The minimum atomic E-state index is 0.427. The molecule has 0 aliphatic rings. The number of rotatable bonds is 3. The van der Waals surface area contributed by atoms with Crippen molar-refractivity contribution in [2.75, 3.05) is 0 Å². The molecular formula is C10H10BrN3O. The normalized spacial score (nSPS) is 10.3. The Morgan fingerprint density at radius 1 is 1.40 bits per heavy atom. The van der Waals surface area contributed by atoms with Crippen LogP contribution in [-0.4, -0.2) is 15.0 Å². The summed E-state index contributed by atoms with van der Waals surface area (Å²) in [5, 5.41) is 7.76. The Balaban J connectivity index is 2.02. The molecule has 0 unspecified atom stereocenters. The first kappa shape index (κ1) is 10.2. The molecule has 2 rings (SSSR count). The van der Waals surface area contributed by atoms with E-state index in [1.807, 2.05) is 37.5 Å². The zero-order valence-corrected chi connectivity index (χ0v) is 9.81. The summed E-state index contributed by atoms with van der Waals surface area (Å²) < 4.78 is 8.16. The highest BCUT2D eigenvalue weighted by Gasteiger charge is 2.02.